The second-order valence-electron chi connectivity index (χ2n) is 4.73. The van der Waals surface area contributed by atoms with Crippen LogP contribution in [0.15, 0.2) is 24.3 Å². The number of ether oxygens (including phenoxy) is 1. The summed E-state index contributed by atoms with van der Waals surface area (Å²) in [6.07, 6.45) is 0.668. The number of tetrazole rings is 1. The highest BCUT2D eigenvalue weighted by Gasteiger charge is 2.28. The van der Waals surface area contributed by atoms with Crippen molar-refractivity contribution in [2.75, 3.05) is 6.61 Å². The number of fused-ring (bicyclic) bond motifs is 1. The van der Waals surface area contributed by atoms with Crippen LogP contribution in [0, 0.1) is 0 Å². The highest BCUT2D eigenvalue weighted by atomic mass is 16.5. The minimum Gasteiger partial charge on any atom is -0.493 e. The Morgan fingerprint density at radius 2 is 2.35 bits per heavy atom. The zero-order valence-electron chi connectivity index (χ0n) is 11.0. The molecule has 0 bridgehead atoms. The molecule has 1 aromatic heterocycles. The highest BCUT2D eigenvalue weighted by Crippen LogP contribution is 2.33. The number of hydrogen-bond donors (Lipinski definition) is 2. The third kappa shape index (κ3) is 2.34. The fraction of sp³-hybridized carbons (Fsp3) is 0.385. The quantitative estimate of drug-likeness (QED) is 0.868. The van der Waals surface area contributed by atoms with Gasteiger partial charge in [0, 0.05) is 5.56 Å². The van der Waals surface area contributed by atoms with Crippen molar-refractivity contribution in [3.63, 3.8) is 0 Å². The summed E-state index contributed by atoms with van der Waals surface area (Å²) < 4.78 is 5.56. The van der Waals surface area contributed by atoms with Crippen LogP contribution in [0.5, 0.6) is 5.75 Å². The summed E-state index contributed by atoms with van der Waals surface area (Å²) in [6.45, 7) is 2.37. The van der Waals surface area contributed by atoms with Gasteiger partial charge in [-0.1, -0.05) is 23.4 Å². The van der Waals surface area contributed by atoms with E-state index in [1.165, 1.54) is 0 Å². The van der Waals surface area contributed by atoms with Gasteiger partial charge in [0.25, 0.3) is 0 Å². The number of amides is 1. The average molecular weight is 273 g/mol. The van der Waals surface area contributed by atoms with Gasteiger partial charge in [0.2, 0.25) is 5.91 Å². The number of rotatable bonds is 3. The Kier molecular flexibility index (Phi) is 3.32. The molecule has 2 N–H and O–H groups in total. The zero-order chi connectivity index (χ0) is 13.9. The summed E-state index contributed by atoms with van der Waals surface area (Å²) in [5, 5.41) is 16.5. The molecule has 3 rings (SSSR count). The lowest BCUT2D eigenvalue weighted by Crippen LogP contribution is -2.34. The molecule has 0 aliphatic carbocycles. The van der Waals surface area contributed by atoms with E-state index in [-0.39, 0.29) is 17.9 Å². The van der Waals surface area contributed by atoms with Crippen molar-refractivity contribution in [3.05, 3.63) is 35.7 Å². The van der Waals surface area contributed by atoms with Crippen LogP contribution in [0.4, 0.5) is 0 Å². The molecular formula is C13H15N5O2. The number of H-pyrrole nitrogens is 1. The molecule has 0 radical (unpaired) electrons. The molecule has 1 aliphatic heterocycles. The van der Waals surface area contributed by atoms with Gasteiger partial charge in [-0.3, -0.25) is 4.79 Å². The fourth-order valence-electron chi connectivity index (χ4n) is 2.35. The molecule has 20 heavy (non-hydrogen) atoms. The van der Waals surface area contributed by atoms with Gasteiger partial charge >= 0.3 is 0 Å². The number of para-hydroxylation sites is 1. The van der Waals surface area contributed by atoms with Crippen LogP contribution in [0.1, 0.15) is 36.7 Å². The van der Waals surface area contributed by atoms with Crippen LogP contribution >= 0.6 is 0 Å². The van der Waals surface area contributed by atoms with E-state index in [1.807, 2.05) is 31.2 Å². The number of hydrogen-bond acceptors (Lipinski definition) is 5. The first-order chi connectivity index (χ1) is 9.75. The van der Waals surface area contributed by atoms with E-state index in [0.717, 1.165) is 11.3 Å². The molecule has 7 nitrogen and oxygen atoms in total. The minimum absolute atomic E-state index is 0.0435. The molecular weight excluding hydrogens is 258 g/mol. The molecule has 0 saturated heterocycles. The van der Waals surface area contributed by atoms with Crippen LogP contribution < -0.4 is 10.1 Å². The van der Waals surface area contributed by atoms with E-state index in [1.54, 1.807) is 0 Å². The van der Waals surface area contributed by atoms with Crippen LogP contribution in [0.3, 0.4) is 0 Å². The predicted octanol–water partition coefficient (Wildman–Crippen LogP) is 0.943. The van der Waals surface area contributed by atoms with Crippen LogP contribution in [-0.2, 0) is 4.79 Å². The predicted molar refractivity (Wildman–Crippen MR) is 70.0 cm³/mol. The number of aromatic amines is 1. The second-order valence-corrected chi connectivity index (χ2v) is 4.73. The Labute approximate surface area is 115 Å². The molecule has 1 aliphatic rings. The summed E-state index contributed by atoms with van der Waals surface area (Å²) >= 11 is 0. The van der Waals surface area contributed by atoms with Gasteiger partial charge in [-0.05, 0) is 19.4 Å². The molecule has 1 amide bonds. The first-order valence-corrected chi connectivity index (χ1v) is 6.51. The van der Waals surface area contributed by atoms with Gasteiger partial charge in [-0.2, -0.15) is 5.21 Å². The molecule has 0 fully saturated rings. The van der Waals surface area contributed by atoms with Crippen molar-refractivity contribution < 1.29 is 9.53 Å². The third-order valence-electron chi connectivity index (χ3n) is 3.38. The molecule has 0 saturated carbocycles. The monoisotopic (exact) mass is 273 g/mol. The SMILES string of the molecule is CC(NC(=O)C1CCOc2ccccc21)c1nn[nH]n1. The van der Waals surface area contributed by atoms with Gasteiger partial charge in [0.05, 0.1) is 18.6 Å². The Balaban J connectivity index is 1.75. The summed E-state index contributed by atoms with van der Waals surface area (Å²) in [7, 11) is 0. The maximum atomic E-state index is 12.4. The molecule has 2 atom stereocenters. The standard InChI is InChI=1S/C13H15N5O2/c1-8(12-15-17-18-16-12)14-13(19)10-6-7-20-11-5-3-2-4-9(10)11/h2-5,8,10H,6-7H2,1H3,(H,14,19)(H,15,16,17,18). The Morgan fingerprint density at radius 3 is 3.15 bits per heavy atom. The van der Waals surface area contributed by atoms with E-state index in [9.17, 15) is 4.79 Å². The molecule has 0 spiro atoms. The molecule has 2 aromatic rings. The van der Waals surface area contributed by atoms with Crippen molar-refractivity contribution >= 4 is 5.91 Å². The molecule has 2 unspecified atom stereocenters. The Hall–Kier alpha value is -2.44. The number of carbonyl (C=O) groups is 1. The van der Waals surface area contributed by atoms with Crippen molar-refractivity contribution in [3.8, 4) is 5.75 Å². The van der Waals surface area contributed by atoms with Gasteiger partial charge in [-0.15, -0.1) is 10.2 Å². The molecule has 7 heteroatoms. The zero-order valence-corrected chi connectivity index (χ0v) is 11.0. The van der Waals surface area contributed by atoms with Gasteiger partial charge in [0.1, 0.15) is 5.75 Å². The maximum absolute atomic E-state index is 12.4. The van der Waals surface area contributed by atoms with E-state index < -0.39 is 0 Å². The normalized spacial score (nSPS) is 18.8. The van der Waals surface area contributed by atoms with E-state index in [2.05, 4.69) is 25.9 Å². The number of nitrogens with one attached hydrogen (secondary N) is 2. The molecule has 104 valence electrons. The number of carbonyl (C=O) groups excluding carboxylic acids is 1. The topological polar surface area (TPSA) is 92.8 Å². The Bertz CT molecular complexity index is 599. The average Bonchev–Trinajstić information content (AvgIpc) is 3.01. The molecule has 1 aromatic carbocycles. The van der Waals surface area contributed by atoms with Crippen molar-refractivity contribution in [2.24, 2.45) is 0 Å². The minimum atomic E-state index is -0.281. The van der Waals surface area contributed by atoms with Gasteiger partial charge < -0.3 is 10.1 Å². The van der Waals surface area contributed by atoms with E-state index >= 15 is 0 Å². The Morgan fingerprint density at radius 1 is 1.50 bits per heavy atom. The number of aromatic nitrogens is 4. The van der Waals surface area contributed by atoms with Crippen molar-refractivity contribution in [1.29, 1.82) is 0 Å². The summed E-state index contributed by atoms with van der Waals surface area (Å²) in [5.74, 6) is 1.01. The third-order valence-corrected chi connectivity index (χ3v) is 3.38. The lowest BCUT2D eigenvalue weighted by molar-refractivity contribution is -0.123. The largest absolute Gasteiger partial charge is 0.493 e. The summed E-state index contributed by atoms with van der Waals surface area (Å²) in [6, 6.07) is 7.35. The first-order valence-electron chi connectivity index (χ1n) is 6.51. The lowest BCUT2D eigenvalue weighted by Gasteiger charge is -2.25. The summed E-state index contributed by atoms with van der Waals surface area (Å²) in [4.78, 5) is 12.4. The summed E-state index contributed by atoms with van der Waals surface area (Å²) in [5.41, 5.74) is 0.927. The van der Waals surface area contributed by atoms with Crippen LogP contribution in [-0.4, -0.2) is 33.1 Å². The number of benzene rings is 1. The first kappa shape index (κ1) is 12.6. The fourth-order valence-corrected chi connectivity index (χ4v) is 2.35. The van der Waals surface area contributed by atoms with Gasteiger partial charge in [-0.25, -0.2) is 0 Å². The molecule has 2 heterocycles. The van der Waals surface area contributed by atoms with E-state index in [4.69, 9.17) is 4.74 Å². The van der Waals surface area contributed by atoms with Crippen LogP contribution in [0.2, 0.25) is 0 Å². The van der Waals surface area contributed by atoms with E-state index in [0.29, 0.717) is 18.9 Å². The maximum Gasteiger partial charge on any atom is 0.228 e. The van der Waals surface area contributed by atoms with Crippen LogP contribution in [0.25, 0.3) is 0 Å². The van der Waals surface area contributed by atoms with Crippen molar-refractivity contribution in [1.82, 2.24) is 25.9 Å². The highest BCUT2D eigenvalue weighted by molar-refractivity contribution is 5.85. The lowest BCUT2D eigenvalue weighted by atomic mass is 9.92. The van der Waals surface area contributed by atoms with Gasteiger partial charge in [0.15, 0.2) is 5.82 Å². The number of nitrogens with zero attached hydrogens (tertiary/aromatic N) is 3. The smallest absolute Gasteiger partial charge is 0.228 e. The second kappa shape index (κ2) is 5.28. The van der Waals surface area contributed by atoms with Crippen molar-refractivity contribution in [2.45, 2.75) is 25.3 Å².